The molecule has 0 fully saturated rings. The van der Waals surface area contributed by atoms with E-state index in [9.17, 15) is 23.9 Å². The third-order valence-corrected chi connectivity index (χ3v) is 4.83. The van der Waals surface area contributed by atoms with Crippen molar-refractivity contribution in [3.63, 3.8) is 0 Å². The van der Waals surface area contributed by atoms with Crippen LogP contribution in [-0.4, -0.2) is 26.7 Å². The van der Waals surface area contributed by atoms with Gasteiger partial charge in [-0.05, 0) is 37.1 Å². The van der Waals surface area contributed by atoms with Gasteiger partial charge < -0.3 is 20.5 Å². The maximum atomic E-state index is 13.1. The lowest BCUT2D eigenvalue weighted by Gasteiger charge is -2.27. The molecule has 34 heavy (non-hydrogen) atoms. The summed E-state index contributed by atoms with van der Waals surface area (Å²) in [6, 6.07) is 14.0. The number of ether oxygens (including phenoxy) is 1. The summed E-state index contributed by atoms with van der Waals surface area (Å²) in [5.41, 5.74) is -2.55. The maximum Gasteiger partial charge on any atom is 0.408 e. The van der Waals surface area contributed by atoms with Crippen molar-refractivity contribution in [2.45, 2.75) is 32.5 Å². The maximum absolute atomic E-state index is 13.1. The molecule has 10 heteroatoms. The van der Waals surface area contributed by atoms with Crippen molar-refractivity contribution in [1.82, 2.24) is 20.2 Å². The van der Waals surface area contributed by atoms with Crippen LogP contribution in [0, 0.1) is 5.82 Å². The van der Waals surface area contributed by atoms with E-state index < -0.39 is 53.2 Å². The minimum absolute atomic E-state index is 0.0745. The van der Waals surface area contributed by atoms with Crippen LogP contribution in [0.25, 0.3) is 0 Å². The Morgan fingerprint density at radius 2 is 1.82 bits per heavy atom. The summed E-state index contributed by atoms with van der Waals surface area (Å²) >= 11 is 0. The van der Waals surface area contributed by atoms with E-state index in [1.54, 1.807) is 30.3 Å². The molecule has 178 valence electrons. The highest BCUT2D eigenvalue weighted by molar-refractivity contribution is 5.94. The van der Waals surface area contributed by atoms with E-state index in [0.717, 1.165) is 0 Å². The molecule has 0 atom stereocenters. The van der Waals surface area contributed by atoms with Crippen molar-refractivity contribution >= 4 is 12.0 Å². The fourth-order valence-corrected chi connectivity index (χ4v) is 3.03. The topological polar surface area (TPSA) is 123 Å². The van der Waals surface area contributed by atoms with E-state index >= 15 is 0 Å². The third-order valence-electron chi connectivity index (χ3n) is 4.83. The fourth-order valence-electron chi connectivity index (χ4n) is 3.03. The van der Waals surface area contributed by atoms with E-state index in [2.05, 4.69) is 15.6 Å². The summed E-state index contributed by atoms with van der Waals surface area (Å²) in [6.45, 7) is -0.552. The zero-order chi connectivity index (χ0) is 27.4. The first-order valence-electron chi connectivity index (χ1n) is 11.7. The van der Waals surface area contributed by atoms with Gasteiger partial charge in [0.2, 0.25) is 5.75 Å². The van der Waals surface area contributed by atoms with Gasteiger partial charge in [0.25, 0.3) is 11.5 Å². The van der Waals surface area contributed by atoms with Crippen molar-refractivity contribution < 1.29 is 27.9 Å². The zero-order valence-corrected chi connectivity index (χ0v) is 18.5. The molecule has 0 unspecified atom stereocenters. The molecule has 0 aliphatic carbocycles. The first-order chi connectivity index (χ1) is 17.3. The number of alkyl carbamates (subject to hydrolysis) is 1. The number of hydrogen-bond donors (Lipinski definition) is 3. The predicted octanol–water partition coefficient (Wildman–Crippen LogP) is 2.72. The van der Waals surface area contributed by atoms with Gasteiger partial charge in [0, 0.05) is 17.6 Å². The second kappa shape index (κ2) is 10.2. The van der Waals surface area contributed by atoms with Gasteiger partial charge in [-0.15, -0.1) is 0 Å². The first kappa shape index (κ1) is 20.4. The number of benzene rings is 2. The fraction of sp³-hybridized carbons (Fsp3) is 0.250. The second-order valence-corrected chi connectivity index (χ2v) is 7.89. The van der Waals surface area contributed by atoms with E-state index in [0.29, 0.717) is 11.1 Å². The largest absolute Gasteiger partial charge is 0.501 e. The van der Waals surface area contributed by atoms with Gasteiger partial charge in [-0.1, -0.05) is 42.5 Å². The lowest BCUT2D eigenvalue weighted by molar-refractivity contribution is 0.0941. The molecule has 0 aliphatic rings. The van der Waals surface area contributed by atoms with Gasteiger partial charge in [0.1, 0.15) is 18.2 Å². The Morgan fingerprint density at radius 1 is 1.15 bits per heavy atom. The molecule has 3 rings (SSSR count). The Kier molecular flexibility index (Phi) is 6.09. The molecular weight excluding hydrogens is 443 g/mol. The number of halogens is 1. The molecule has 0 saturated carbocycles. The zero-order valence-electron chi connectivity index (χ0n) is 21.5. The summed E-state index contributed by atoms with van der Waals surface area (Å²) in [6.07, 6.45) is -0.935. The van der Waals surface area contributed by atoms with Gasteiger partial charge in [0.05, 0.1) is 5.54 Å². The van der Waals surface area contributed by atoms with Crippen LogP contribution in [0.15, 0.2) is 59.4 Å². The molecule has 1 heterocycles. The molecule has 3 N–H and O–H groups in total. The van der Waals surface area contributed by atoms with Crippen LogP contribution >= 0.6 is 0 Å². The van der Waals surface area contributed by atoms with Crippen molar-refractivity contribution in [3.05, 3.63) is 93.4 Å². The Bertz CT molecular complexity index is 1340. The molecule has 9 nitrogen and oxygen atoms in total. The number of amides is 2. The van der Waals surface area contributed by atoms with E-state index in [4.69, 9.17) is 8.85 Å². The first-order valence-corrected chi connectivity index (χ1v) is 10.2. The Labute approximate surface area is 199 Å². The van der Waals surface area contributed by atoms with E-state index in [1.165, 1.54) is 38.1 Å². The minimum Gasteiger partial charge on any atom is -0.501 e. The summed E-state index contributed by atoms with van der Waals surface area (Å²) in [7, 11) is 0. The van der Waals surface area contributed by atoms with Gasteiger partial charge in [-0.25, -0.2) is 14.2 Å². The quantitative estimate of drug-likeness (QED) is 0.487. The summed E-state index contributed by atoms with van der Waals surface area (Å²) < 4.78 is 41.8. The highest BCUT2D eigenvalue weighted by Gasteiger charge is 2.31. The predicted molar refractivity (Wildman–Crippen MR) is 122 cm³/mol. The number of rotatable bonds is 7. The van der Waals surface area contributed by atoms with Crippen molar-refractivity contribution in [1.29, 1.82) is 0 Å². The number of nitrogens with one attached hydrogen (secondary N) is 2. The van der Waals surface area contributed by atoms with Crippen molar-refractivity contribution in [2.75, 3.05) is 0 Å². The van der Waals surface area contributed by atoms with Crippen LogP contribution in [0.2, 0.25) is 0 Å². The van der Waals surface area contributed by atoms with Gasteiger partial charge in [-0.3, -0.25) is 14.2 Å². The van der Waals surface area contributed by atoms with Crippen LogP contribution in [0.1, 0.15) is 45.4 Å². The Morgan fingerprint density at radius 3 is 2.47 bits per heavy atom. The summed E-state index contributed by atoms with van der Waals surface area (Å²) in [5.74, 6) is -3.15. The molecule has 0 aliphatic heterocycles. The molecule has 0 bridgehead atoms. The smallest absolute Gasteiger partial charge is 0.408 e. The Balaban J connectivity index is 1.91. The highest BCUT2D eigenvalue weighted by atomic mass is 19.1. The van der Waals surface area contributed by atoms with E-state index in [1.807, 2.05) is 0 Å². The molecule has 0 saturated heterocycles. The minimum atomic E-state index is -3.10. The monoisotopic (exact) mass is 471 g/mol. The van der Waals surface area contributed by atoms with Crippen LogP contribution in [-0.2, 0) is 30.4 Å². The average molecular weight is 472 g/mol. The third kappa shape index (κ3) is 5.77. The molecule has 0 spiro atoms. The van der Waals surface area contributed by atoms with Gasteiger partial charge in [-0.2, -0.15) is 0 Å². The lowest BCUT2D eigenvalue weighted by Crippen LogP contribution is -2.46. The van der Waals surface area contributed by atoms with Crippen LogP contribution in [0.5, 0.6) is 5.75 Å². The van der Waals surface area contributed by atoms with E-state index in [-0.39, 0.29) is 17.7 Å². The number of nitrogens with zero attached hydrogens (tertiary/aromatic N) is 2. The lowest BCUT2D eigenvalue weighted by atomic mass is 10.0. The standard InChI is InChI=1S/C24H25FN4O5/c1-24(2,28-23(33)34-14-16-7-5-4-6-8-16)22-27-18(19(30)21(32)29(22)3)20(31)26-13-15-9-11-17(25)12-10-15/h4-12,30H,13-14H2,1-3H3,(H,26,31)(H,28,33)/i3D3. The molecule has 1 aromatic heterocycles. The van der Waals surface area contributed by atoms with Gasteiger partial charge in [0.15, 0.2) is 5.69 Å². The SMILES string of the molecule is [2H]C([2H])([2H])n1c(C(C)(C)NC(=O)OCc2ccccc2)nc(C(=O)NCc2ccc(F)cc2)c(O)c1=O. The van der Waals surface area contributed by atoms with Gasteiger partial charge >= 0.3 is 6.09 Å². The normalized spacial score (nSPS) is 12.7. The van der Waals surface area contributed by atoms with Crippen molar-refractivity contribution in [3.8, 4) is 5.75 Å². The summed E-state index contributed by atoms with van der Waals surface area (Å²) in [4.78, 5) is 42.1. The number of aromatic hydroxyl groups is 1. The number of carbonyl (C=O) groups is 2. The van der Waals surface area contributed by atoms with Crippen molar-refractivity contribution in [2.24, 2.45) is 6.98 Å². The molecule has 2 amide bonds. The highest BCUT2D eigenvalue weighted by Crippen LogP contribution is 2.20. The average Bonchev–Trinajstić information content (AvgIpc) is 2.83. The number of hydrogen-bond acceptors (Lipinski definition) is 6. The molecule has 2 aromatic carbocycles. The molecule has 3 aromatic rings. The Hall–Kier alpha value is -4.21. The molecular formula is C24H25FN4O5. The van der Waals surface area contributed by atoms with Crippen LogP contribution < -0.4 is 16.2 Å². The van der Waals surface area contributed by atoms with Crippen LogP contribution in [0.3, 0.4) is 0 Å². The number of carbonyl (C=O) groups excluding carboxylic acids is 2. The number of aromatic nitrogens is 2. The van der Waals surface area contributed by atoms with Crippen LogP contribution in [0.4, 0.5) is 9.18 Å². The second-order valence-electron chi connectivity index (χ2n) is 7.89. The molecule has 0 radical (unpaired) electrons. The summed E-state index contributed by atoms with van der Waals surface area (Å²) in [5, 5.41) is 15.2.